The molecule has 1 saturated carbocycles. The molecule has 1 fully saturated rings. The van der Waals surface area contributed by atoms with Crippen molar-refractivity contribution in [1.29, 1.82) is 0 Å². The molecule has 1 rings (SSSR count). The van der Waals surface area contributed by atoms with Crippen LogP contribution in [-0.4, -0.2) is 17.4 Å². The molecule has 0 atom stereocenters. The van der Waals surface area contributed by atoms with Gasteiger partial charge in [0, 0.05) is 0 Å². The van der Waals surface area contributed by atoms with E-state index in [1.54, 1.807) is 0 Å². The molecule has 1 aliphatic rings. The van der Waals surface area contributed by atoms with Gasteiger partial charge in [0.25, 0.3) is 0 Å². The summed E-state index contributed by atoms with van der Waals surface area (Å²) in [5.74, 6) is 0. The molecule has 0 aromatic heterocycles. The third-order valence-electron chi connectivity index (χ3n) is 2.92. The molecule has 0 bridgehead atoms. The molecular weight excluding hydrogens is 162 g/mol. The van der Waals surface area contributed by atoms with Gasteiger partial charge in [0.1, 0.15) is 5.72 Å². The average molecular weight is 185 g/mol. The molecule has 13 heavy (non-hydrogen) atoms. The first-order chi connectivity index (χ1) is 6.27. The van der Waals surface area contributed by atoms with E-state index in [0.29, 0.717) is 0 Å². The van der Waals surface area contributed by atoms with Crippen LogP contribution in [0.4, 0.5) is 0 Å². The van der Waals surface area contributed by atoms with Gasteiger partial charge in [0.05, 0.1) is 0 Å². The van der Waals surface area contributed by atoms with E-state index in [-0.39, 0.29) is 0 Å². The van der Waals surface area contributed by atoms with Crippen molar-refractivity contribution in [2.24, 2.45) is 0 Å². The Morgan fingerprint density at radius 2 is 1.85 bits per heavy atom. The molecular formula is C11H23NO. The first kappa shape index (κ1) is 11.0. The van der Waals surface area contributed by atoms with Crippen LogP contribution in [0.1, 0.15) is 58.3 Å². The standard InChI is InChI=1S/C11H23NO/c1-2-3-4-7-10-12-11(13)8-5-6-9-11/h12-13H,2-10H2,1H3. The Hall–Kier alpha value is -0.0800. The van der Waals surface area contributed by atoms with E-state index in [4.69, 9.17) is 0 Å². The zero-order chi connectivity index (χ0) is 9.57. The second kappa shape index (κ2) is 5.61. The number of nitrogens with one attached hydrogen (secondary N) is 1. The largest absolute Gasteiger partial charge is 0.376 e. The fourth-order valence-electron chi connectivity index (χ4n) is 2.01. The van der Waals surface area contributed by atoms with Crippen LogP contribution in [0.3, 0.4) is 0 Å². The Labute approximate surface area is 81.7 Å². The molecule has 2 N–H and O–H groups in total. The van der Waals surface area contributed by atoms with Gasteiger partial charge < -0.3 is 5.11 Å². The summed E-state index contributed by atoms with van der Waals surface area (Å²) in [7, 11) is 0. The average Bonchev–Trinajstić information content (AvgIpc) is 2.53. The van der Waals surface area contributed by atoms with Gasteiger partial charge in [-0.2, -0.15) is 0 Å². The number of hydrogen-bond donors (Lipinski definition) is 2. The first-order valence-corrected chi connectivity index (χ1v) is 5.74. The number of hydrogen-bond acceptors (Lipinski definition) is 2. The lowest BCUT2D eigenvalue weighted by Gasteiger charge is -2.23. The second-order valence-electron chi connectivity index (χ2n) is 4.23. The van der Waals surface area contributed by atoms with Gasteiger partial charge in [-0.1, -0.05) is 26.2 Å². The maximum Gasteiger partial charge on any atom is 0.116 e. The van der Waals surface area contributed by atoms with E-state index in [0.717, 1.165) is 19.4 Å². The zero-order valence-corrected chi connectivity index (χ0v) is 8.81. The van der Waals surface area contributed by atoms with Gasteiger partial charge in [-0.25, -0.2) is 0 Å². The van der Waals surface area contributed by atoms with E-state index >= 15 is 0 Å². The third-order valence-corrected chi connectivity index (χ3v) is 2.92. The van der Waals surface area contributed by atoms with Gasteiger partial charge in [-0.15, -0.1) is 0 Å². The molecule has 78 valence electrons. The molecule has 0 spiro atoms. The summed E-state index contributed by atoms with van der Waals surface area (Å²) in [5.41, 5.74) is -0.508. The monoisotopic (exact) mass is 185 g/mol. The summed E-state index contributed by atoms with van der Waals surface area (Å²) in [5, 5.41) is 13.2. The van der Waals surface area contributed by atoms with Crippen LogP contribution < -0.4 is 5.32 Å². The molecule has 0 radical (unpaired) electrons. The van der Waals surface area contributed by atoms with Crippen LogP contribution in [0.15, 0.2) is 0 Å². The fraction of sp³-hybridized carbons (Fsp3) is 1.00. The quantitative estimate of drug-likeness (QED) is 0.492. The first-order valence-electron chi connectivity index (χ1n) is 5.74. The summed E-state index contributed by atoms with van der Waals surface area (Å²) < 4.78 is 0. The lowest BCUT2D eigenvalue weighted by atomic mass is 10.1. The van der Waals surface area contributed by atoms with Crippen LogP contribution in [0.5, 0.6) is 0 Å². The van der Waals surface area contributed by atoms with Gasteiger partial charge in [0.15, 0.2) is 0 Å². The Bertz CT molecular complexity index is 130. The highest BCUT2D eigenvalue weighted by Crippen LogP contribution is 2.26. The summed E-state index contributed by atoms with van der Waals surface area (Å²) in [6, 6.07) is 0. The van der Waals surface area contributed by atoms with Gasteiger partial charge >= 0.3 is 0 Å². The molecule has 0 unspecified atom stereocenters. The summed E-state index contributed by atoms with van der Waals surface area (Å²) in [4.78, 5) is 0. The van der Waals surface area contributed by atoms with Crippen LogP contribution in [-0.2, 0) is 0 Å². The molecule has 0 heterocycles. The van der Waals surface area contributed by atoms with E-state index in [2.05, 4.69) is 12.2 Å². The highest BCUT2D eigenvalue weighted by molar-refractivity contribution is 4.81. The lowest BCUT2D eigenvalue weighted by molar-refractivity contribution is 0.0123. The summed E-state index contributed by atoms with van der Waals surface area (Å²) >= 11 is 0. The summed E-state index contributed by atoms with van der Waals surface area (Å²) in [6.45, 7) is 3.20. The van der Waals surface area contributed by atoms with Crippen LogP contribution in [0, 0.1) is 0 Å². The van der Waals surface area contributed by atoms with E-state index in [1.807, 2.05) is 0 Å². The van der Waals surface area contributed by atoms with Crippen molar-refractivity contribution in [2.75, 3.05) is 6.54 Å². The topological polar surface area (TPSA) is 32.3 Å². The normalized spacial score (nSPS) is 20.8. The Balaban J connectivity index is 1.98. The Kier molecular flexibility index (Phi) is 4.74. The van der Waals surface area contributed by atoms with Gasteiger partial charge in [-0.3, -0.25) is 5.32 Å². The molecule has 0 saturated heterocycles. The van der Waals surface area contributed by atoms with Gasteiger partial charge in [-0.05, 0) is 38.6 Å². The van der Waals surface area contributed by atoms with Crippen molar-refractivity contribution < 1.29 is 5.11 Å². The van der Waals surface area contributed by atoms with Crippen molar-refractivity contribution >= 4 is 0 Å². The predicted molar refractivity (Wildman–Crippen MR) is 55.6 cm³/mol. The van der Waals surface area contributed by atoms with Crippen molar-refractivity contribution in [1.82, 2.24) is 5.32 Å². The zero-order valence-electron chi connectivity index (χ0n) is 8.81. The highest BCUT2D eigenvalue weighted by atomic mass is 16.3. The van der Waals surface area contributed by atoms with Crippen molar-refractivity contribution in [3.63, 3.8) is 0 Å². The molecule has 0 aromatic rings. The molecule has 1 aliphatic carbocycles. The molecule has 2 nitrogen and oxygen atoms in total. The van der Waals surface area contributed by atoms with Crippen LogP contribution in [0.25, 0.3) is 0 Å². The molecule has 0 aromatic carbocycles. The van der Waals surface area contributed by atoms with E-state index < -0.39 is 5.72 Å². The Morgan fingerprint density at radius 3 is 2.46 bits per heavy atom. The van der Waals surface area contributed by atoms with E-state index in [1.165, 1.54) is 38.5 Å². The van der Waals surface area contributed by atoms with Crippen LogP contribution >= 0.6 is 0 Å². The van der Waals surface area contributed by atoms with Crippen molar-refractivity contribution in [3.05, 3.63) is 0 Å². The smallest absolute Gasteiger partial charge is 0.116 e. The minimum absolute atomic E-state index is 0.508. The van der Waals surface area contributed by atoms with Crippen molar-refractivity contribution in [2.45, 2.75) is 64.0 Å². The predicted octanol–water partition coefficient (Wildman–Crippen LogP) is 2.42. The second-order valence-corrected chi connectivity index (χ2v) is 4.23. The SMILES string of the molecule is CCCCCCNC1(O)CCCC1. The Morgan fingerprint density at radius 1 is 1.15 bits per heavy atom. The minimum atomic E-state index is -0.508. The molecule has 0 aliphatic heterocycles. The highest BCUT2D eigenvalue weighted by Gasteiger charge is 2.29. The molecule has 2 heteroatoms. The van der Waals surface area contributed by atoms with Crippen LogP contribution in [0.2, 0.25) is 0 Å². The van der Waals surface area contributed by atoms with Crippen molar-refractivity contribution in [3.8, 4) is 0 Å². The number of unbranched alkanes of at least 4 members (excludes halogenated alkanes) is 3. The minimum Gasteiger partial charge on any atom is -0.376 e. The third kappa shape index (κ3) is 4.10. The fourth-order valence-corrected chi connectivity index (χ4v) is 2.01. The van der Waals surface area contributed by atoms with E-state index in [9.17, 15) is 5.11 Å². The maximum absolute atomic E-state index is 9.94. The maximum atomic E-state index is 9.94. The lowest BCUT2D eigenvalue weighted by Crippen LogP contribution is -2.42. The number of aliphatic hydroxyl groups is 1. The van der Waals surface area contributed by atoms with Gasteiger partial charge in [0.2, 0.25) is 0 Å². The molecule has 0 amide bonds. The summed E-state index contributed by atoms with van der Waals surface area (Å²) in [6.07, 6.45) is 9.35. The number of rotatable bonds is 6.